The van der Waals surface area contributed by atoms with Gasteiger partial charge in [0.25, 0.3) is 0 Å². The standard InChI is InChI=1S/C69H108ClF3N12O12/c1-39(2)33-50-63(92)80(13)43(8)61(90)85-32-31-51(85)66(95)82(15)53(36-44-23-19-18-20-24-44)65(94)78(11)38-55(86)74-49(30-28-45-27-29-47(48(70)35-45)69(71,72)73)62(91)79(12)42(7)59(88)76-57(41(5)6)67(96)84(17)58(46-25-21-22-26-46)68(97)83(16)54(64(93)77(9)10)37-56(87)81(14)52(34-40(3)4)60(89)75-50/h27,29,35,39-44,46,49-54,57-58H,18-26,28,30-34,36-38H2,1-17H3,(H,74,86)(H,75,89)(H,76,88)/t42-,43-,49-,50-,51-,52-,53-,54-,57-,58-/m0/s1. The average Bonchev–Trinajstić information content (AvgIpc) is 1.32. The van der Waals surface area contributed by atoms with Gasteiger partial charge in [0.2, 0.25) is 70.9 Å². The zero-order valence-corrected chi connectivity index (χ0v) is 60.8. The Kier molecular flexibility index (Phi) is 29.2. The van der Waals surface area contributed by atoms with E-state index in [4.69, 9.17) is 11.6 Å². The summed E-state index contributed by atoms with van der Waals surface area (Å²) in [7, 11) is 12.7. The number of hydrogen-bond donors (Lipinski definition) is 3. The van der Waals surface area contributed by atoms with Crippen molar-refractivity contribution in [3.8, 4) is 0 Å². The number of hydrogen-bond acceptors (Lipinski definition) is 12. The molecule has 4 fully saturated rings. The molecule has 24 nitrogen and oxygen atoms in total. The van der Waals surface area contributed by atoms with Crippen LogP contribution in [0, 0.1) is 29.6 Å². The third kappa shape index (κ3) is 20.5. The van der Waals surface area contributed by atoms with Crippen molar-refractivity contribution >= 4 is 82.5 Å². The Morgan fingerprint density at radius 1 is 0.608 bits per heavy atom. The largest absolute Gasteiger partial charge is 0.417 e. The molecular weight excluding hydrogens is 1280 g/mol. The average molecular weight is 1390 g/mol. The summed E-state index contributed by atoms with van der Waals surface area (Å²) in [5.41, 5.74) is -0.812. The minimum atomic E-state index is -4.77. The first-order valence-electron chi connectivity index (χ1n) is 34.3. The fourth-order valence-electron chi connectivity index (χ4n) is 13.7. The van der Waals surface area contributed by atoms with Gasteiger partial charge < -0.3 is 60.0 Å². The number of alkyl halides is 3. The predicted molar refractivity (Wildman–Crippen MR) is 359 cm³/mol. The van der Waals surface area contributed by atoms with Gasteiger partial charge in [-0.15, -0.1) is 0 Å². The Bertz CT molecular complexity index is 3010. The Hall–Kier alpha value is -7.06. The molecule has 3 N–H and O–H groups in total. The molecule has 544 valence electrons. The van der Waals surface area contributed by atoms with Crippen molar-refractivity contribution in [2.45, 2.75) is 225 Å². The van der Waals surface area contributed by atoms with Crippen molar-refractivity contribution in [1.82, 2.24) is 60.0 Å². The van der Waals surface area contributed by atoms with E-state index in [0.29, 0.717) is 12.8 Å². The van der Waals surface area contributed by atoms with E-state index in [2.05, 4.69) is 16.0 Å². The monoisotopic (exact) mass is 1390 g/mol. The summed E-state index contributed by atoms with van der Waals surface area (Å²) in [5.74, 6) is -9.61. The molecule has 1 aromatic carbocycles. The maximum atomic E-state index is 15.3. The summed E-state index contributed by atoms with van der Waals surface area (Å²) < 4.78 is 41.4. The third-order valence-corrected chi connectivity index (χ3v) is 20.5. The van der Waals surface area contributed by atoms with Crippen LogP contribution in [0.25, 0.3) is 0 Å². The van der Waals surface area contributed by atoms with Crippen LogP contribution in [-0.2, 0) is 70.1 Å². The lowest BCUT2D eigenvalue weighted by Gasteiger charge is -2.45. The number of rotatable bonds is 12. The number of halogens is 4. The van der Waals surface area contributed by atoms with E-state index in [1.165, 1.54) is 113 Å². The van der Waals surface area contributed by atoms with Crippen molar-refractivity contribution in [2.75, 3.05) is 76.5 Å². The van der Waals surface area contributed by atoms with Gasteiger partial charge in [-0.05, 0) is 112 Å². The number of carbonyl (C=O) groups excluding carboxylic acids is 12. The van der Waals surface area contributed by atoms with Crippen LogP contribution in [0.2, 0.25) is 5.02 Å². The van der Waals surface area contributed by atoms with Gasteiger partial charge in [0.15, 0.2) is 0 Å². The lowest BCUT2D eigenvalue weighted by molar-refractivity contribution is -0.160. The van der Waals surface area contributed by atoms with Crippen molar-refractivity contribution < 1.29 is 70.7 Å². The first-order chi connectivity index (χ1) is 45.2. The number of aryl methyl sites for hydroxylation is 1. The number of likely N-dealkylation sites (N-methyl/N-ethyl adjacent to an activating group) is 8. The van der Waals surface area contributed by atoms with E-state index in [1.54, 1.807) is 13.8 Å². The van der Waals surface area contributed by atoms with Crippen molar-refractivity contribution in [3.63, 3.8) is 0 Å². The van der Waals surface area contributed by atoms with Gasteiger partial charge in [0.1, 0.15) is 60.4 Å². The molecule has 1 aromatic rings. The Morgan fingerprint density at radius 3 is 1.72 bits per heavy atom. The first kappa shape index (κ1) is 80.6. The summed E-state index contributed by atoms with van der Waals surface area (Å²) in [6.07, 6.45) is 1.76. The third-order valence-electron chi connectivity index (χ3n) is 20.2. The molecule has 97 heavy (non-hydrogen) atoms. The highest BCUT2D eigenvalue weighted by Crippen LogP contribution is 2.37. The number of benzene rings is 1. The number of nitrogens with zero attached hydrogens (tertiary/aromatic N) is 9. The Labute approximate surface area is 576 Å². The molecule has 0 radical (unpaired) electrons. The molecule has 0 unspecified atom stereocenters. The molecule has 5 rings (SSSR count). The lowest BCUT2D eigenvalue weighted by atomic mass is 9.84. The SMILES string of the molecule is CC(C)C[C@@H]1NC(=O)[C@H](CC(C)C)N(C)C(=O)C[C@@H](C(=O)N(C)C)N(C)C(=O)[C@H](C2CCCC2)N(C)C(=O)[C@H](C(C)C)NC(=O)[C@H](C)N(C)C(=O)[C@H](CCc2ccc(C(F)(F)F)c(Cl)c2)NC(=O)CN(C)C(=O)[C@H](CC2CCCCC2)N(C)C(=O)[C@@H]2CCN2C(=O)[C@H](C)N(C)C1=O. The molecule has 0 bridgehead atoms. The molecule has 2 aliphatic heterocycles. The highest BCUT2D eigenvalue weighted by molar-refractivity contribution is 6.31. The molecule has 2 saturated carbocycles. The minimum absolute atomic E-state index is 0.0158. The van der Waals surface area contributed by atoms with Crippen LogP contribution in [-0.4, -0.2) is 252 Å². The van der Waals surface area contributed by atoms with Crippen LogP contribution < -0.4 is 16.0 Å². The van der Waals surface area contributed by atoms with Crippen LogP contribution in [0.1, 0.15) is 163 Å². The number of carbonyl (C=O) groups is 12. The number of amides is 12. The van der Waals surface area contributed by atoms with E-state index in [1.807, 2.05) is 27.7 Å². The van der Waals surface area contributed by atoms with Crippen LogP contribution >= 0.6 is 11.6 Å². The smallest absolute Gasteiger partial charge is 0.347 e. The van der Waals surface area contributed by atoms with Crippen LogP contribution in [0.15, 0.2) is 18.2 Å². The van der Waals surface area contributed by atoms with Crippen LogP contribution in [0.4, 0.5) is 13.2 Å². The molecule has 2 heterocycles. The maximum absolute atomic E-state index is 15.3. The fourth-order valence-corrected chi connectivity index (χ4v) is 14.0. The number of fused-ring (bicyclic) bond motifs is 1. The molecule has 4 aliphatic rings. The Balaban J connectivity index is 1.62. The Morgan fingerprint density at radius 2 is 1.19 bits per heavy atom. The van der Waals surface area contributed by atoms with Gasteiger partial charge in [0.05, 0.1) is 23.6 Å². The van der Waals surface area contributed by atoms with E-state index in [9.17, 15) is 61.1 Å². The van der Waals surface area contributed by atoms with Gasteiger partial charge in [-0.1, -0.05) is 104 Å². The minimum Gasteiger partial charge on any atom is -0.347 e. The lowest BCUT2D eigenvalue weighted by Crippen LogP contribution is -2.64. The highest BCUT2D eigenvalue weighted by Gasteiger charge is 2.48. The summed E-state index contributed by atoms with van der Waals surface area (Å²) in [5, 5.41) is 7.77. The van der Waals surface area contributed by atoms with E-state index in [0.717, 1.165) is 71.8 Å². The summed E-state index contributed by atoms with van der Waals surface area (Å²) in [6.45, 7) is 13.2. The molecular formula is C69H108ClF3N12O12. The van der Waals surface area contributed by atoms with Gasteiger partial charge in [-0.3, -0.25) is 57.5 Å². The predicted octanol–water partition coefficient (Wildman–Crippen LogP) is 5.21. The quantitative estimate of drug-likeness (QED) is 0.244. The molecule has 28 heteroatoms. The number of nitrogens with one attached hydrogen (secondary N) is 3. The summed E-state index contributed by atoms with van der Waals surface area (Å²) >= 11 is 6.11. The van der Waals surface area contributed by atoms with Gasteiger partial charge in [-0.2, -0.15) is 13.2 Å². The van der Waals surface area contributed by atoms with Crippen molar-refractivity contribution in [1.29, 1.82) is 0 Å². The van der Waals surface area contributed by atoms with Crippen molar-refractivity contribution in [3.05, 3.63) is 34.3 Å². The fraction of sp³-hybridized carbons (Fsp3) is 0.739. The second-order valence-corrected chi connectivity index (χ2v) is 29.3. The summed E-state index contributed by atoms with van der Waals surface area (Å²) in [6, 6.07) is -9.47. The van der Waals surface area contributed by atoms with Gasteiger partial charge >= 0.3 is 6.18 Å². The molecule has 0 spiro atoms. The summed E-state index contributed by atoms with van der Waals surface area (Å²) in [4.78, 5) is 188. The zero-order chi connectivity index (χ0) is 73.0. The van der Waals surface area contributed by atoms with Crippen LogP contribution in [0.5, 0.6) is 0 Å². The van der Waals surface area contributed by atoms with Crippen molar-refractivity contribution in [2.24, 2.45) is 29.6 Å². The zero-order valence-electron chi connectivity index (χ0n) is 60.1. The molecule has 0 aromatic heterocycles. The molecule has 2 aliphatic carbocycles. The maximum Gasteiger partial charge on any atom is 0.417 e. The van der Waals surface area contributed by atoms with E-state index in [-0.39, 0.29) is 68.4 Å². The molecule has 2 saturated heterocycles. The normalized spacial score (nSPS) is 27.0. The van der Waals surface area contributed by atoms with Crippen LogP contribution in [0.3, 0.4) is 0 Å². The second kappa shape index (κ2) is 35.1. The van der Waals surface area contributed by atoms with E-state index >= 15 is 9.59 Å². The first-order valence-corrected chi connectivity index (χ1v) is 34.7. The topological polar surface area (TPSA) is 270 Å². The molecule has 12 amide bonds. The van der Waals surface area contributed by atoms with Gasteiger partial charge in [0, 0.05) is 70.0 Å². The highest BCUT2D eigenvalue weighted by atomic mass is 35.5. The van der Waals surface area contributed by atoms with E-state index < -0.39 is 173 Å². The van der Waals surface area contributed by atoms with Gasteiger partial charge in [-0.25, -0.2) is 0 Å². The molecule has 10 atom stereocenters. The second-order valence-electron chi connectivity index (χ2n) is 28.9.